The van der Waals surface area contributed by atoms with Gasteiger partial charge in [0.1, 0.15) is 12.2 Å². The van der Waals surface area contributed by atoms with Gasteiger partial charge in [0.25, 0.3) is 0 Å². The summed E-state index contributed by atoms with van der Waals surface area (Å²) in [5.74, 6) is 0.566. The first-order chi connectivity index (χ1) is 8.78. The zero-order valence-corrected chi connectivity index (χ0v) is 9.34. The van der Waals surface area contributed by atoms with Crippen molar-refractivity contribution < 1.29 is 4.79 Å². The summed E-state index contributed by atoms with van der Waals surface area (Å²) in [7, 11) is 0. The topological polar surface area (TPSA) is 106 Å². The van der Waals surface area contributed by atoms with Crippen LogP contribution in [0.1, 0.15) is 11.4 Å². The molecule has 0 fully saturated rings. The molecule has 0 aliphatic rings. The van der Waals surface area contributed by atoms with Crippen LogP contribution in [-0.4, -0.2) is 21.2 Å². The number of nitrogens with zero attached hydrogens (tertiary/aromatic N) is 3. The first-order valence-corrected chi connectivity index (χ1v) is 5.17. The number of carbonyl (C=O) groups excluding carboxylic acids is 1. The second kappa shape index (κ2) is 5.45. The van der Waals surface area contributed by atoms with Crippen molar-refractivity contribution >= 4 is 11.7 Å². The van der Waals surface area contributed by atoms with Crippen LogP contribution in [0.2, 0.25) is 0 Å². The van der Waals surface area contributed by atoms with Crippen molar-refractivity contribution in [3.63, 3.8) is 0 Å². The molecule has 0 saturated carbocycles. The highest BCUT2D eigenvalue weighted by atomic mass is 16.2. The lowest BCUT2D eigenvalue weighted by Gasteiger charge is -2.06. The Morgan fingerprint density at radius 3 is 3.11 bits per heavy atom. The number of nitrogens with one attached hydrogen (secondary N) is 3. The number of nitriles is 1. The van der Waals surface area contributed by atoms with Gasteiger partial charge < -0.3 is 10.6 Å². The summed E-state index contributed by atoms with van der Waals surface area (Å²) >= 11 is 0. The Balaban J connectivity index is 1.89. The van der Waals surface area contributed by atoms with Crippen molar-refractivity contribution in [2.24, 2.45) is 0 Å². The van der Waals surface area contributed by atoms with E-state index in [4.69, 9.17) is 5.26 Å². The van der Waals surface area contributed by atoms with Crippen LogP contribution in [0.15, 0.2) is 30.6 Å². The molecule has 1 heterocycles. The standard InChI is InChI=1S/C11H10N6O/c12-5-8-2-1-3-9(4-8)16-11(18)13-6-10-14-7-15-17-10/h1-4,7H,6H2,(H2,13,16,18)(H,14,15,17). The Morgan fingerprint density at radius 1 is 1.50 bits per heavy atom. The van der Waals surface area contributed by atoms with Crippen molar-refractivity contribution in [3.8, 4) is 6.07 Å². The molecule has 0 saturated heterocycles. The molecule has 0 unspecified atom stereocenters. The average molecular weight is 242 g/mol. The fraction of sp³-hybridized carbons (Fsp3) is 0.0909. The normalized spacial score (nSPS) is 9.50. The van der Waals surface area contributed by atoms with Gasteiger partial charge in [-0.2, -0.15) is 10.4 Å². The molecule has 2 aromatic rings. The Bertz CT molecular complexity index is 571. The summed E-state index contributed by atoms with van der Waals surface area (Å²) in [6, 6.07) is 8.28. The van der Waals surface area contributed by atoms with Gasteiger partial charge in [-0.3, -0.25) is 5.10 Å². The molecule has 7 heteroatoms. The summed E-state index contributed by atoms with van der Waals surface area (Å²) in [5.41, 5.74) is 1.05. The minimum atomic E-state index is -0.374. The number of rotatable bonds is 3. The van der Waals surface area contributed by atoms with Gasteiger partial charge in [0.2, 0.25) is 0 Å². The third-order valence-electron chi connectivity index (χ3n) is 2.13. The monoisotopic (exact) mass is 242 g/mol. The number of benzene rings is 1. The van der Waals surface area contributed by atoms with Crippen molar-refractivity contribution in [1.29, 1.82) is 5.26 Å². The lowest BCUT2D eigenvalue weighted by Crippen LogP contribution is -2.28. The molecule has 0 aliphatic heterocycles. The van der Waals surface area contributed by atoms with Crippen LogP contribution >= 0.6 is 0 Å². The Morgan fingerprint density at radius 2 is 2.39 bits per heavy atom. The highest BCUT2D eigenvalue weighted by Gasteiger charge is 2.03. The molecule has 2 amide bonds. The van der Waals surface area contributed by atoms with Crippen LogP contribution in [0.25, 0.3) is 0 Å². The van der Waals surface area contributed by atoms with Crippen molar-refractivity contribution in [3.05, 3.63) is 42.0 Å². The minimum Gasteiger partial charge on any atom is -0.331 e. The summed E-state index contributed by atoms with van der Waals surface area (Å²) < 4.78 is 0. The third kappa shape index (κ3) is 3.05. The number of urea groups is 1. The molecule has 2 rings (SSSR count). The highest BCUT2D eigenvalue weighted by molar-refractivity contribution is 5.89. The molecule has 0 bridgehead atoms. The van der Waals surface area contributed by atoms with E-state index in [1.807, 2.05) is 6.07 Å². The number of anilines is 1. The van der Waals surface area contributed by atoms with Crippen LogP contribution in [0.3, 0.4) is 0 Å². The number of aromatic nitrogens is 3. The predicted octanol–water partition coefficient (Wildman–Crippen LogP) is 0.998. The maximum atomic E-state index is 11.5. The zero-order valence-electron chi connectivity index (χ0n) is 9.34. The minimum absolute atomic E-state index is 0.254. The SMILES string of the molecule is N#Cc1cccc(NC(=O)NCc2ncn[nH]2)c1. The summed E-state index contributed by atoms with van der Waals surface area (Å²) in [6.45, 7) is 0.254. The van der Waals surface area contributed by atoms with E-state index in [-0.39, 0.29) is 12.6 Å². The van der Waals surface area contributed by atoms with E-state index in [2.05, 4.69) is 25.8 Å². The van der Waals surface area contributed by atoms with Gasteiger partial charge in [0.15, 0.2) is 0 Å². The van der Waals surface area contributed by atoms with E-state index in [0.717, 1.165) is 0 Å². The summed E-state index contributed by atoms with van der Waals surface area (Å²) in [4.78, 5) is 15.4. The van der Waals surface area contributed by atoms with E-state index in [0.29, 0.717) is 17.1 Å². The smallest absolute Gasteiger partial charge is 0.319 e. The molecular weight excluding hydrogens is 232 g/mol. The van der Waals surface area contributed by atoms with Crippen molar-refractivity contribution in [2.45, 2.75) is 6.54 Å². The molecule has 1 aromatic heterocycles. The Labute approximate surface area is 103 Å². The maximum absolute atomic E-state index is 11.5. The molecule has 1 aromatic carbocycles. The van der Waals surface area contributed by atoms with E-state index >= 15 is 0 Å². The summed E-state index contributed by atoms with van der Waals surface area (Å²) in [6.07, 6.45) is 1.37. The number of aromatic amines is 1. The molecule has 0 spiro atoms. The number of carbonyl (C=O) groups is 1. The van der Waals surface area contributed by atoms with Gasteiger partial charge in [-0.1, -0.05) is 6.07 Å². The maximum Gasteiger partial charge on any atom is 0.319 e. The van der Waals surface area contributed by atoms with E-state index in [9.17, 15) is 4.79 Å². The molecular formula is C11H10N6O. The van der Waals surface area contributed by atoms with E-state index in [1.54, 1.807) is 24.3 Å². The molecule has 3 N–H and O–H groups in total. The fourth-order valence-corrected chi connectivity index (χ4v) is 1.32. The average Bonchev–Trinajstić information content (AvgIpc) is 2.90. The van der Waals surface area contributed by atoms with Crippen LogP contribution in [0.5, 0.6) is 0 Å². The van der Waals surface area contributed by atoms with Gasteiger partial charge in [0, 0.05) is 5.69 Å². The van der Waals surface area contributed by atoms with Crippen LogP contribution < -0.4 is 10.6 Å². The number of hydrogen-bond donors (Lipinski definition) is 3. The number of hydrogen-bond acceptors (Lipinski definition) is 4. The predicted molar refractivity (Wildman–Crippen MR) is 63.4 cm³/mol. The van der Waals surface area contributed by atoms with Crippen LogP contribution in [0.4, 0.5) is 10.5 Å². The number of H-pyrrole nitrogens is 1. The molecule has 7 nitrogen and oxygen atoms in total. The summed E-state index contributed by atoms with van der Waals surface area (Å²) in [5, 5.41) is 20.2. The largest absolute Gasteiger partial charge is 0.331 e. The van der Waals surface area contributed by atoms with Gasteiger partial charge in [-0.05, 0) is 18.2 Å². The first kappa shape index (κ1) is 11.6. The Hall–Kier alpha value is -2.88. The molecule has 0 aliphatic carbocycles. The molecule has 18 heavy (non-hydrogen) atoms. The van der Waals surface area contributed by atoms with Crippen molar-refractivity contribution in [1.82, 2.24) is 20.5 Å². The lowest BCUT2D eigenvalue weighted by molar-refractivity contribution is 0.251. The second-order valence-corrected chi connectivity index (χ2v) is 3.43. The van der Waals surface area contributed by atoms with Gasteiger partial charge in [-0.15, -0.1) is 0 Å². The van der Waals surface area contributed by atoms with E-state index in [1.165, 1.54) is 6.33 Å². The fourth-order valence-electron chi connectivity index (χ4n) is 1.32. The zero-order chi connectivity index (χ0) is 12.8. The molecule has 0 atom stereocenters. The van der Waals surface area contributed by atoms with E-state index < -0.39 is 0 Å². The van der Waals surface area contributed by atoms with Crippen molar-refractivity contribution in [2.75, 3.05) is 5.32 Å². The Kier molecular flexibility index (Phi) is 3.51. The van der Waals surface area contributed by atoms with Gasteiger partial charge in [0.05, 0.1) is 18.2 Å². The second-order valence-electron chi connectivity index (χ2n) is 3.43. The third-order valence-corrected chi connectivity index (χ3v) is 2.13. The van der Waals surface area contributed by atoms with Crippen LogP contribution in [-0.2, 0) is 6.54 Å². The number of amides is 2. The first-order valence-electron chi connectivity index (χ1n) is 5.17. The lowest BCUT2D eigenvalue weighted by atomic mass is 10.2. The molecule has 0 radical (unpaired) electrons. The quantitative estimate of drug-likeness (QED) is 0.746. The highest BCUT2D eigenvalue weighted by Crippen LogP contribution is 2.09. The molecule has 90 valence electrons. The van der Waals surface area contributed by atoms with Gasteiger partial charge >= 0.3 is 6.03 Å². The van der Waals surface area contributed by atoms with Crippen LogP contribution in [0, 0.1) is 11.3 Å². The van der Waals surface area contributed by atoms with Gasteiger partial charge in [-0.25, -0.2) is 9.78 Å².